The Balaban J connectivity index is 1.88. The number of nitrogens with one attached hydrogen (secondary N) is 1. The van der Waals surface area contributed by atoms with E-state index in [1.807, 2.05) is 12.1 Å². The normalized spacial score (nSPS) is 23.6. The van der Waals surface area contributed by atoms with E-state index in [0.29, 0.717) is 10.9 Å². The van der Waals surface area contributed by atoms with Crippen molar-refractivity contribution in [1.82, 2.24) is 5.32 Å². The SMILES string of the molecule is CC1CCNC1C(=O)OCc1cccc(Cl)c1. The molecule has 1 aliphatic heterocycles. The number of hydrogen-bond donors (Lipinski definition) is 1. The van der Waals surface area contributed by atoms with Crippen molar-refractivity contribution in [2.45, 2.75) is 26.0 Å². The van der Waals surface area contributed by atoms with Gasteiger partial charge in [-0.25, -0.2) is 0 Å². The van der Waals surface area contributed by atoms with Crippen LogP contribution in [0.15, 0.2) is 24.3 Å². The van der Waals surface area contributed by atoms with Gasteiger partial charge in [0, 0.05) is 5.02 Å². The van der Waals surface area contributed by atoms with Gasteiger partial charge in [-0.05, 0) is 36.6 Å². The van der Waals surface area contributed by atoms with Gasteiger partial charge in [0.15, 0.2) is 0 Å². The van der Waals surface area contributed by atoms with E-state index in [-0.39, 0.29) is 18.6 Å². The number of halogens is 1. The molecule has 17 heavy (non-hydrogen) atoms. The number of hydrogen-bond acceptors (Lipinski definition) is 3. The largest absolute Gasteiger partial charge is 0.460 e. The second-order valence-corrected chi connectivity index (χ2v) is 4.87. The van der Waals surface area contributed by atoms with E-state index in [0.717, 1.165) is 18.5 Å². The van der Waals surface area contributed by atoms with Gasteiger partial charge in [0.25, 0.3) is 0 Å². The lowest BCUT2D eigenvalue weighted by Gasteiger charge is -2.14. The highest BCUT2D eigenvalue weighted by atomic mass is 35.5. The van der Waals surface area contributed by atoms with Crippen LogP contribution in [0.3, 0.4) is 0 Å². The van der Waals surface area contributed by atoms with E-state index in [1.54, 1.807) is 12.1 Å². The molecule has 92 valence electrons. The van der Waals surface area contributed by atoms with Crippen molar-refractivity contribution >= 4 is 17.6 Å². The van der Waals surface area contributed by atoms with Crippen molar-refractivity contribution < 1.29 is 9.53 Å². The molecule has 0 saturated carbocycles. The zero-order valence-corrected chi connectivity index (χ0v) is 10.5. The summed E-state index contributed by atoms with van der Waals surface area (Å²) in [6, 6.07) is 7.19. The maximum absolute atomic E-state index is 11.8. The summed E-state index contributed by atoms with van der Waals surface area (Å²) in [6.45, 7) is 3.23. The van der Waals surface area contributed by atoms with E-state index in [2.05, 4.69) is 12.2 Å². The van der Waals surface area contributed by atoms with Crippen LogP contribution in [0, 0.1) is 5.92 Å². The average Bonchev–Trinajstić information content (AvgIpc) is 2.72. The first-order chi connectivity index (χ1) is 8.16. The molecule has 0 aromatic heterocycles. The number of carbonyl (C=O) groups is 1. The molecule has 1 N–H and O–H groups in total. The summed E-state index contributed by atoms with van der Waals surface area (Å²) < 4.78 is 5.28. The van der Waals surface area contributed by atoms with Crippen LogP contribution in [0.5, 0.6) is 0 Å². The van der Waals surface area contributed by atoms with Crippen LogP contribution < -0.4 is 5.32 Å². The molecule has 1 aromatic carbocycles. The van der Waals surface area contributed by atoms with Crippen LogP contribution >= 0.6 is 11.6 Å². The zero-order chi connectivity index (χ0) is 12.3. The Bertz CT molecular complexity index is 408. The molecule has 3 nitrogen and oxygen atoms in total. The van der Waals surface area contributed by atoms with E-state index in [1.165, 1.54) is 0 Å². The monoisotopic (exact) mass is 253 g/mol. The van der Waals surface area contributed by atoms with E-state index >= 15 is 0 Å². The lowest BCUT2D eigenvalue weighted by atomic mass is 10.0. The minimum atomic E-state index is -0.171. The Labute approximate surface area is 106 Å². The number of esters is 1. The highest BCUT2D eigenvalue weighted by Crippen LogP contribution is 2.17. The van der Waals surface area contributed by atoms with Gasteiger partial charge in [0.2, 0.25) is 0 Å². The predicted molar refractivity (Wildman–Crippen MR) is 66.8 cm³/mol. The maximum atomic E-state index is 11.8. The minimum absolute atomic E-state index is 0.158. The minimum Gasteiger partial charge on any atom is -0.460 e. The summed E-state index contributed by atoms with van der Waals surface area (Å²) in [5.41, 5.74) is 0.913. The molecule has 2 unspecified atom stereocenters. The van der Waals surface area contributed by atoms with E-state index < -0.39 is 0 Å². The zero-order valence-electron chi connectivity index (χ0n) is 9.78. The molecular weight excluding hydrogens is 238 g/mol. The predicted octanol–water partition coefficient (Wildman–Crippen LogP) is 2.38. The molecule has 0 radical (unpaired) electrons. The first-order valence-corrected chi connectivity index (χ1v) is 6.19. The van der Waals surface area contributed by atoms with Gasteiger partial charge >= 0.3 is 5.97 Å². The van der Waals surface area contributed by atoms with Gasteiger partial charge in [0.1, 0.15) is 12.6 Å². The first-order valence-electron chi connectivity index (χ1n) is 5.81. The molecule has 1 saturated heterocycles. The molecule has 1 fully saturated rings. The molecule has 0 amide bonds. The van der Waals surface area contributed by atoms with Crippen LogP contribution in [-0.4, -0.2) is 18.6 Å². The van der Waals surface area contributed by atoms with E-state index in [9.17, 15) is 4.79 Å². The van der Waals surface area contributed by atoms with Crippen LogP contribution in [0.25, 0.3) is 0 Å². The van der Waals surface area contributed by atoms with Gasteiger partial charge in [-0.2, -0.15) is 0 Å². The fourth-order valence-corrected chi connectivity index (χ4v) is 2.23. The van der Waals surface area contributed by atoms with Crippen molar-refractivity contribution in [3.63, 3.8) is 0 Å². The highest BCUT2D eigenvalue weighted by molar-refractivity contribution is 6.30. The topological polar surface area (TPSA) is 38.3 Å². The van der Waals surface area contributed by atoms with Crippen LogP contribution in [0.4, 0.5) is 0 Å². The molecule has 0 bridgehead atoms. The molecule has 2 rings (SSSR count). The summed E-state index contributed by atoms with van der Waals surface area (Å²) in [4.78, 5) is 11.8. The standard InChI is InChI=1S/C13H16ClNO2/c1-9-5-6-15-12(9)13(16)17-8-10-3-2-4-11(14)7-10/h2-4,7,9,12,15H,5-6,8H2,1H3. The second kappa shape index (κ2) is 5.52. The van der Waals surface area contributed by atoms with Gasteiger partial charge < -0.3 is 10.1 Å². The number of carbonyl (C=O) groups excluding carboxylic acids is 1. The van der Waals surface area contributed by atoms with Crippen molar-refractivity contribution in [3.8, 4) is 0 Å². The van der Waals surface area contributed by atoms with Crippen LogP contribution in [0.2, 0.25) is 5.02 Å². The third kappa shape index (κ3) is 3.20. The molecule has 1 aromatic rings. The highest BCUT2D eigenvalue weighted by Gasteiger charge is 2.30. The van der Waals surface area contributed by atoms with Crippen molar-refractivity contribution in [3.05, 3.63) is 34.9 Å². The van der Waals surface area contributed by atoms with Gasteiger partial charge in [-0.1, -0.05) is 30.7 Å². The summed E-state index contributed by atoms with van der Waals surface area (Å²) in [5, 5.41) is 3.81. The fraction of sp³-hybridized carbons (Fsp3) is 0.462. The lowest BCUT2D eigenvalue weighted by Crippen LogP contribution is -2.36. The second-order valence-electron chi connectivity index (χ2n) is 4.44. The Morgan fingerprint density at radius 1 is 1.59 bits per heavy atom. The number of rotatable bonds is 3. The molecule has 1 aliphatic rings. The fourth-order valence-electron chi connectivity index (χ4n) is 2.02. The Hall–Kier alpha value is -1.06. The Morgan fingerprint density at radius 2 is 2.41 bits per heavy atom. The molecule has 4 heteroatoms. The van der Waals surface area contributed by atoms with Crippen LogP contribution in [-0.2, 0) is 16.1 Å². The van der Waals surface area contributed by atoms with Gasteiger partial charge in [-0.15, -0.1) is 0 Å². The van der Waals surface area contributed by atoms with Crippen molar-refractivity contribution in [2.24, 2.45) is 5.92 Å². The van der Waals surface area contributed by atoms with E-state index in [4.69, 9.17) is 16.3 Å². The van der Waals surface area contributed by atoms with Crippen molar-refractivity contribution in [2.75, 3.05) is 6.54 Å². The molecule has 1 heterocycles. The smallest absolute Gasteiger partial charge is 0.323 e. The Kier molecular flexibility index (Phi) is 4.02. The third-order valence-electron chi connectivity index (χ3n) is 3.06. The quantitative estimate of drug-likeness (QED) is 0.841. The molecular formula is C13H16ClNO2. The first kappa shape index (κ1) is 12.4. The van der Waals surface area contributed by atoms with Gasteiger partial charge in [-0.3, -0.25) is 4.79 Å². The van der Waals surface area contributed by atoms with Gasteiger partial charge in [0.05, 0.1) is 0 Å². The number of benzene rings is 1. The summed E-state index contributed by atoms with van der Waals surface area (Å²) in [7, 11) is 0. The average molecular weight is 254 g/mol. The summed E-state index contributed by atoms with van der Waals surface area (Å²) in [5.74, 6) is 0.178. The van der Waals surface area contributed by atoms with Crippen molar-refractivity contribution in [1.29, 1.82) is 0 Å². The van der Waals surface area contributed by atoms with Crippen LogP contribution in [0.1, 0.15) is 18.9 Å². The maximum Gasteiger partial charge on any atom is 0.323 e. The molecule has 0 aliphatic carbocycles. The number of ether oxygens (including phenoxy) is 1. The summed E-state index contributed by atoms with van der Waals surface area (Å²) in [6.07, 6.45) is 1.02. The molecule has 0 spiro atoms. The summed E-state index contributed by atoms with van der Waals surface area (Å²) >= 11 is 5.86. The lowest BCUT2D eigenvalue weighted by molar-refractivity contribution is -0.148. The third-order valence-corrected chi connectivity index (χ3v) is 3.29. The Morgan fingerprint density at radius 3 is 3.06 bits per heavy atom. The molecule has 2 atom stereocenters.